The summed E-state index contributed by atoms with van der Waals surface area (Å²) < 4.78 is 5.42. The van der Waals surface area contributed by atoms with Gasteiger partial charge < -0.3 is 9.64 Å². The Morgan fingerprint density at radius 1 is 1.32 bits per heavy atom. The standard InChI is InChI=1S/C16H18ClN3O2/c17-15-2-1-12(10-18)9-14(15)16(21)20-6-4-19(5-7-20)13-3-8-22-11-13/h1-2,9,13H,3-8,11H2. The molecule has 0 N–H and O–H groups in total. The van der Waals surface area contributed by atoms with Gasteiger partial charge in [0.1, 0.15) is 0 Å². The summed E-state index contributed by atoms with van der Waals surface area (Å²) in [6.45, 7) is 4.71. The van der Waals surface area contributed by atoms with Gasteiger partial charge in [-0.15, -0.1) is 0 Å². The van der Waals surface area contributed by atoms with E-state index in [1.165, 1.54) is 0 Å². The first kappa shape index (κ1) is 15.3. The third-order valence-electron chi connectivity index (χ3n) is 4.35. The van der Waals surface area contributed by atoms with Crippen molar-refractivity contribution in [2.24, 2.45) is 0 Å². The van der Waals surface area contributed by atoms with Crippen LogP contribution in [-0.4, -0.2) is 61.1 Å². The first-order chi connectivity index (χ1) is 10.7. The Labute approximate surface area is 135 Å². The van der Waals surface area contributed by atoms with E-state index in [4.69, 9.17) is 21.6 Å². The first-order valence-corrected chi connectivity index (χ1v) is 7.87. The van der Waals surface area contributed by atoms with Gasteiger partial charge in [0, 0.05) is 38.8 Å². The zero-order valence-corrected chi connectivity index (χ0v) is 13.1. The van der Waals surface area contributed by atoms with Crippen molar-refractivity contribution < 1.29 is 9.53 Å². The van der Waals surface area contributed by atoms with Crippen LogP contribution in [0.1, 0.15) is 22.3 Å². The van der Waals surface area contributed by atoms with E-state index in [9.17, 15) is 4.79 Å². The molecule has 2 heterocycles. The Morgan fingerprint density at radius 2 is 2.09 bits per heavy atom. The highest BCUT2D eigenvalue weighted by molar-refractivity contribution is 6.33. The number of piperazine rings is 1. The Kier molecular flexibility index (Phi) is 4.63. The number of hydrogen-bond acceptors (Lipinski definition) is 4. The van der Waals surface area contributed by atoms with Crippen LogP contribution in [0.15, 0.2) is 18.2 Å². The van der Waals surface area contributed by atoms with Crippen molar-refractivity contribution in [3.63, 3.8) is 0 Å². The lowest BCUT2D eigenvalue weighted by Gasteiger charge is -2.37. The number of halogens is 1. The highest BCUT2D eigenvalue weighted by atomic mass is 35.5. The summed E-state index contributed by atoms with van der Waals surface area (Å²) >= 11 is 6.12. The molecule has 116 valence electrons. The van der Waals surface area contributed by atoms with E-state index in [-0.39, 0.29) is 5.91 Å². The van der Waals surface area contributed by atoms with E-state index in [0.717, 1.165) is 32.7 Å². The van der Waals surface area contributed by atoms with Gasteiger partial charge in [-0.1, -0.05) is 11.6 Å². The molecular weight excluding hydrogens is 302 g/mol. The second kappa shape index (κ2) is 6.66. The molecule has 1 aromatic carbocycles. The predicted molar refractivity (Wildman–Crippen MR) is 82.9 cm³/mol. The fourth-order valence-corrected chi connectivity index (χ4v) is 3.23. The van der Waals surface area contributed by atoms with Gasteiger partial charge in [-0.05, 0) is 24.6 Å². The summed E-state index contributed by atoms with van der Waals surface area (Å²) in [5.74, 6) is -0.0931. The second-order valence-electron chi connectivity index (χ2n) is 5.65. The molecule has 2 saturated heterocycles. The van der Waals surface area contributed by atoms with Crippen molar-refractivity contribution in [2.75, 3.05) is 39.4 Å². The van der Waals surface area contributed by atoms with Crippen molar-refractivity contribution in [3.8, 4) is 6.07 Å². The number of hydrogen-bond donors (Lipinski definition) is 0. The highest BCUT2D eigenvalue weighted by Crippen LogP contribution is 2.21. The molecule has 0 radical (unpaired) electrons. The van der Waals surface area contributed by atoms with Crippen LogP contribution in [-0.2, 0) is 4.74 Å². The van der Waals surface area contributed by atoms with Crippen LogP contribution in [0.2, 0.25) is 5.02 Å². The van der Waals surface area contributed by atoms with E-state index in [2.05, 4.69) is 4.90 Å². The lowest BCUT2D eigenvalue weighted by Crippen LogP contribution is -2.52. The maximum Gasteiger partial charge on any atom is 0.255 e. The molecule has 0 spiro atoms. The number of carbonyl (C=O) groups excluding carboxylic acids is 1. The van der Waals surface area contributed by atoms with Crippen LogP contribution in [0.25, 0.3) is 0 Å². The van der Waals surface area contributed by atoms with Crippen LogP contribution in [0.3, 0.4) is 0 Å². The van der Waals surface area contributed by atoms with Crippen LogP contribution in [0, 0.1) is 11.3 Å². The molecule has 0 bridgehead atoms. The zero-order valence-electron chi connectivity index (χ0n) is 12.3. The molecule has 22 heavy (non-hydrogen) atoms. The molecule has 1 amide bonds. The SMILES string of the molecule is N#Cc1ccc(Cl)c(C(=O)N2CCN(C3CCOC3)CC2)c1. The average molecular weight is 320 g/mol. The molecule has 3 rings (SSSR count). The Bertz CT molecular complexity index is 600. The molecule has 5 nitrogen and oxygen atoms in total. The van der Waals surface area contributed by atoms with E-state index in [0.29, 0.717) is 35.3 Å². The van der Waals surface area contributed by atoms with E-state index in [1.54, 1.807) is 18.2 Å². The van der Waals surface area contributed by atoms with Gasteiger partial charge in [0.2, 0.25) is 0 Å². The molecule has 1 aromatic rings. The van der Waals surface area contributed by atoms with Crippen molar-refractivity contribution in [1.29, 1.82) is 5.26 Å². The lowest BCUT2D eigenvalue weighted by atomic mass is 10.1. The molecule has 2 fully saturated rings. The van der Waals surface area contributed by atoms with Crippen LogP contribution < -0.4 is 0 Å². The van der Waals surface area contributed by atoms with E-state index in [1.807, 2.05) is 11.0 Å². The monoisotopic (exact) mass is 319 g/mol. The minimum Gasteiger partial charge on any atom is -0.380 e. The first-order valence-electron chi connectivity index (χ1n) is 7.50. The van der Waals surface area contributed by atoms with Crippen LogP contribution in [0.5, 0.6) is 0 Å². The number of benzene rings is 1. The van der Waals surface area contributed by atoms with Gasteiger partial charge in [0.25, 0.3) is 5.91 Å². The lowest BCUT2D eigenvalue weighted by molar-refractivity contribution is 0.0549. The Morgan fingerprint density at radius 3 is 2.73 bits per heavy atom. The number of amides is 1. The molecule has 0 aliphatic carbocycles. The fraction of sp³-hybridized carbons (Fsp3) is 0.500. The van der Waals surface area contributed by atoms with Crippen molar-refractivity contribution in [1.82, 2.24) is 9.80 Å². The molecule has 0 aromatic heterocycles. The Balaban J connectivity index is 1.66. The molecule has 2 aliphatic rings. The smallest absolute Gasteiger partial charge is 0.255 e. The second-order valence-corrected chi connectivity index (χ2v) is 6.06. The minimum atomic E-state index is -0.0931. The summed E-state index contributed by atoms with van der Waals surface area (Å²) in [7, 11) is 0. The maximum absolute atomic E-state index is 12.6. The molecule has 2 aliphatic heterocycles. The minimum absolute atomic E-state index is 0.0931. The number of carbonyl (C=O) groups is 1. The topological polar surface area (TPSA) is 56.6 Å². The zero-order chi connectivity index (χ0) is 15.5. The van der Waals surface area contributed by atoms with Gasteiger partial charge in [-0.25, -0.2) is 0 Å². The maximum atomic E-state index is 12.6. The van der Waals surface area contributed by atoms with Gasteiger partial charge in [0.05, 0.1) is 28.8 Å². The van der Waals surface area contributed by atoms with Gasteiger partial charge in [-0.2, -0.15) is 5.26 Å². The van der Waals surface area contributed by atoms with E-state index >= 15 is 0 Å². The van der Waals surface area contributed by atoms with Crippen molar-refractivity contribution in [3.05, 3.63) is 34.3 Å². The van der Waals surface area contributed by atoms with E-state index < -0.39 is 0 Å². The third-order valence-corrected chi connectivity index (χ3v) is 4.68. The summed E-state index contributed by atoms with van der Waals surface area (Å²) in [4.78, 5) is 16.8. The molecule has 0 saturated carbocycles. The molecular formula is C16H18ClN3O2. The van der Waals surface area contributed by atoms with Crippen molar-refractivity contribution in [2.45, 2.75) is 12.5 Å². The summed E-state index contributed by atoms with van der Waals surface area (Å²) in [6.07, 6.45) is 1.07. The molecule has 1 atom stereocenters. The fourth-order valence-electron chi connectivity index (χ4n) is 3.03. The predicted octanol–water partition coefficient (Wildman–Crippen LogP) is 1.76. The number of nitrogens with zero attached hydrogens (tertiary/aromatic N) is 3. The Hall–Kier alpha value is -1.61. The average Bonchev–Trinajstić information content (AvgIpc) is 3.09. The summed E-state index contributed by atoms with van der Waals surface area (Å²) in [5.41, 5.74) is 0.868. The number of ether oxygens (including phenoxy) is 1. The number of rotatable bonds is 2. The van der Waals surface area contributed by atoms with Gasteiger partial charge in [-0.3, -0.25) is 9.69 Å². The third kappa shape index (κ3) is 3.09. The largest absolute Gasteiger partial charge is 0.380 e. The quantitative estimate of drug-likeness (QED) is 0.833. The van der Waals surface area contributed by atoms with Gasteiger partial charge >= 0.3 is 0 Å². The summed E-state index contributed by atoms with van der Waals surface area (Å²) in [5, 5.41) is 9.36. The van der Waals surface area contributed by atoms with Crippen LogP contribution in [0.4, 0.5) is 0 Å². The molecule has 1 unspecified atom stereocenters. The number of nitriles is 1. The molecule has 6 heteroatoms. The van der Waals surface area contributed by atoms with Crippen molar-refractivity contribution >= 4 is 17.5 Å². The highest BCUT2D eigenvalue weighted by Gasteiger charge is 2.29. The summed E-state index contributed by atoms with van der Waals surface area (Å²) in [6, 6.07) is 7.34. The van der Waals surface area contributed by atoms with Gasteiger partial charge in [0.15, 0.2) is 0 Å². The van der Waals surface area contributed by atoms with Crippen LogP contribution >= 0.6 is 11.6 Å². The normalized spacial score (nSPS) is 22.5.